The molecule has 3 aromatic heterocycles. The zero-order chi connectivity index (χ0) is 28.9. The fourth-order valence-electron chi connectivity index (χ4n) is 6.22. The lowest BCUT2D eigenvalue weighted by molar-refractivity contribution is -0.128. The Hall–Kier alpha value is -5.88. The number of nitrogens with one attached hydrogen (secondary N) is 1. The summed E-state index contributed by atoms with van der Waals surface area (Å²) in [5.41, 5.74) is 10.3. The van der Waals surface area contributed by atoms with Crippen molar-refractivity contribution in [3.8, 4) is 28.3 Å². The normalized spacial score (nSPS) is 12.4. The molecule has 7 aromatic rings. The molecule has 1 aliphatic heterocycles. The molecule has 0 fully saturated rings. The molecule has 0 spiro atoms. The summed E-state index contributed by atoms with van der Waals surface area (Å²) in [4.78, 5) is 16.1. The fourth-order valence-corrected chi connectivity index (χ4v) is 6.22. The van der Waals surface area contributed by atoms with Gasteiger partial charge in [-0.25, -0.2) is 4.79 Å². The summed E-state index contributed by atoms with van der Waals surface area (Å²) in [7, 11) is 0. The second kappa shape index (κ2) is 9.89. The zero-order valence-corrected chi connectivity index (χ0v) is 23.2. The zero-order valence-electron chi connectivity index (χ0n) is 23.2. The van der Waals surface area contributed by atoms with E-state index >= 15 is 0 Å². The minimum Gasteiger partial charge on any atom is -0.423 e. The molecule has 1 aliphatic rings. The van der Waals surface area contributed by atoms with E-state index in [4.69, 9.17) is 4.74 Å². The Morgan fingerprint density at radius 2 is 1.49 bits per heavy atom. The van der Waals surface area contributed by atoms with Gasteiger partial charge in [-0.15, -0.1) is 0 Å². The van der Waals surface area contributed by atoms with Crippen LogP contribution >= 0.6 is 0 Å². The van der Waals surface area contributed by atoms with Crippen LogP contribution in [0.15, 0.2) is 128 Å². The van der Waals surface area contributed by atoms with Gasteiger partial charge >= 0.3 is 5.97 Å². The lowest BCUT2D eigenvalue weighted by Crippen LogP contribution is -2.10. The van der Waals surface area contributed by atoms with Gasteiger partial charge in [0.05, 0.1) is 22.2 Å². The highest BCUT2D eigenvalue weighted by molar-refractivity contribution is 6.09. The molecule has 0 saturated heterocycles. The number of esters is 1. The van der Waals surface area contributed by atoms with Crippen LogP contribution in [0.5, 0.6) is 5.75 Å². The number of hydrogen-bond acceptors (Lipinski definition) is 4. The number of pyridine rings is 1. The molecule has 6 nitrogen and oxygen atoms in total. The monoisotopic (exact) mass is 558 g/mol. The van der Waals surface area contributed by atoms with E-state index in [1.54, 1.807) is 12.3 Å². The molecule has 0 atom stereocenters. The molecule has 0 amide bonds. The maximum Gasteiger partial charge on any atom is 0.335 e. The van der Waals surface area contributed by atoms with Gasteiger partial charge in [0.2, 0.25) is 0 Å². The molecule has 8 rings (SSSR count). The maximum absolute atomic E-state index is 11.8. The number of carbonyl (C=O) groups excluding carboxylic acids is 1. The molecule has 6 heteroatoms. The Morgan fingerprint density at radius 1 is 0.791 bits per heavy atom. The number of aromatic nitrogens is 3. The van der Waals surface area contributed by atoms with Crippen molar-refractivity contribution in [1.29, 1.82) is 0 Å². The fraction of sp³-hybridized carbons (Fsp3) is 0.0270. The molecule has 206 valence electrons. The van der Waals surface area contributed by atoms with E-state index in [1.165, 1.54) is 22.2 Å². The second-order valence-electron chi connectivity index (χ2n) is 10.6. The van der Waals surface area contributed by atoms with E-state index in [9.17, 15) is 4.79 Å². The van der Waals surface area contributed by atoms with E-state index in [1.807, 2.05) is 30.6 Å². The van der Waals surface area contributed by atoms with E-state index in [-0.39, 0.29) is 0 Å². The molecular weight excluding hydrogens is 532 g/mol. The van der Waals surface area contributed by atoms with Crippen molar-refractivity contribution in [1.82, 2.24) is 19.4 Å². The minimum atomic E-state index is -0.486. The van der Waals surface area contributed by atoms with Crippen LogP contribution in [0.25, 0.3) is 61.3 Å². The van der Waals surface area contributed by atoms with Crippen molar-refractivity contribution in [2.24, 2.45) is 0 Å². The number of ether oxygens (including phenoxy) is 1. The first-order valence-corrected chi connectivity index (χ1v) is 14.2. The third-order valence-corrected chi connectivity index (χ3v) is 8.17. The molecular formula is C37H26N4O2. The van der Waals surface area contributed by atoms with Crippen molar-refractivity contribution in [2.45, 2.75) is 6.54 Å². The van der Waals surface area contributed by atoms with Crippen molar-refractivity contribution >= 4 is 44.8 Å². The van der Waals surface area contributed by atoms with Crippen LogP contribution in [0.1, 0.15) is 11.3 Å². The van der Waals surface area contributed by atoms with Gasteiger partial charge in [-0.05, 0) is 78.0 Å². The lowest BCUT2D eigenvalue weighted by atomic mass is 10.0. The van der Waals surface area contributed by atoms with Gasteiger partial charge in [-0.1, -0.05) is 49.0 Å². The van der Waals surface area contributed by atoms with Gasteiger partial charge in [0.25, 0.3) is 0 Å². The lowest BCUT2D eigenvalue weighted by Gasteiger charge is -2.14. The van der Waals surface area contributed by atoms with Gasteiger partial charge in [0.15, 0.2) is 0 Å². The summed E-state index contributed by atoms with van der Waals surface area (Å²) >= 11 is 0. The number of para-hydroxylation sites is 1. The van der Waals surface area contributed by atoms with Gasteiger partial charge in [0.1, 0.15) is 5.75 Å². The molecule has 4 aromatic carbocycles. The highest BCUT2D eigenvalue weighted by atomic mass is 16.5. The average Bonchev–Trinajstić information content (AvgIpc) is 3.58. The topological polar surface area (TPSA) is 61.1 Å². The first-order valence-electron chi connectivity index (χ1n) is 14.2. The van der Waals surface area contributed by atoms with Crippen molar-refractivity contribution in [3.63, 3.8) is 0 Å². The van der Waals surface area contributed by atoms with Gasteiger partial charge in [-0.3, -0.25) is 4.98 Å². The third-order valence-electron chi connectivity index (χ3n) is 8.17. The van der Waals surface area contributed by atoms with Crippen molar-refractivity contribution < 1.29 is 9.53 Å². The maximum atomic E-state index is 11.8. The van der Waals surface area contributed by atoms with Gasteiger partial charge < -0.3 is 19.2 Å². The molecule has 0 unspecified atom stereocenters. The Kier molecular flexibility index (Phi) is 5.72. The molecule has 0 saturated carbocycles. The SMILES string of the molecule is C=CC(=O)Oc1ccc2c(c1)c1cnccc1n2-c1ccc(-c2ccc(-n3c4c(c5ccccc53)CNC=C4)cc2)cc1. The number of rotatable bonds is 5. The Labute approximate surface area is 247 Å². The highest BCUT2D eigenvalue weighted by Gasteiger charge is 2.18. The first kappa shape index (κ1) is 24.9. The summed E-state index contributed by atoms with van der Waals surface area (Å²) in [6.45, 7) is 4.32. The number of carbonyl (C=O) groups is 1. The standard InChI is InChI=1S/C37H26N4O2/c1-2-37(42)43-28-15-16-34-30(21-28)32-23-39-20-18-36(32)41(34)27-13-9-25(10-14-27)24-7-11-26(12-8-24)40-33-6-4-3-5-29(33)31-22-38-19-17-35(31)40/h2-21,23,38H,1,22H2. The first-order chi connectivity index (χ1) is 21.2. The molecule has 4 heterocycles. The van der Waals surface area contributed by atoms with E-state index in [2.05, 4.69) is 105 Å². The largest absolute Gasteiger partial charge is 0.423 e. The Morgan fingerprint density at radius 3 is 2.26 bits per heavy atom. The van der Waals surface area contributed by atoms with E-state index in [0.717, 1.165) is 56.9 Å². The van der Waals surface area contributed by atoms with Crippen LogP contribution in [0.4, 0.5) is 0 Å². The minimum absolute atomic E-state index is 0.472. The third kappa shape index (κ3) is 4.03. The summed E-state index contributed by atoms with van der Waals surface area (Å²) in [5, 5.41) is 6.58. The number of benzene rings is 4. The Bertz CT molecular complexity index is 2240. The van der Waals surface area contributed by atoms with Crippen molar-refractivity contribution in [3.05, 3.63) is 140 Å². The van der Waals surface area contributed by atoms with Crippen LogP contribution in [0.2, 0.25) is 0 Å². The van der Waals surface area contributed by atoms with Gasteiger partial charge in [-0.2, -0.15) is 0 Å². The van der Waals surface area contributed by atoms with Crippen LogP contribution in [0.3, 0.4) is 0 Å². The summed E-state index contributed by atoms with van der Waals surface area (Å²) in [5.74, 6) is -0.0137. The summed E-state index contributed by atoms with van der Waals surface area (Å²) in [6, 6.07) is 33.6. The smallest absolute Gasteiger partial charge is 0.335 e. The number of nitrogens with zero attached hydrogens (tertiary/aromatic N) is 3. The Balaban J connectivity index is 1.16. The molecule has 0 aliphatic carbocycles. The van der Waals surface area contributed by atoms with Crippen LogP contribution in [-0.4, -0.2) is 20.1 Å². The summed E-state index contributed by atoms with van der Waals surface area (Å²) < 4.78 is 9.94. The highest BCUT2D eigenvalue weighted by Crippen LogP contribution is 2.35. The predicted molar refractivity (Wildman–Crippen MR) is 173 cm³/mol. The predicted octanol–water partition coefficient (Wildman–Crippen LogP) is 7.95. The van der Waals surface area contributed by atoms with Crippen LogP contribution in [-0.2, 0) is 11.3 Å². The molecule has 0 radical (unpaired) electrons. The van der Waals surface area contributed by atoms with E-state index < -0.39 is 5.97 Å². The number of fused-ring (bicyclic) bond motifs is 6. The van der Waals surface area contributed by atoms with E-state index in [0.29, 0.717) is 5.75 Å². The second-order valence-corrected chi connectivity index (χ2v) is 10.6. The average molecular weight is 559 g/mol. The molecule has 1 N–H and O–H groups in total. The van der Waals surface area contributed by atoms with Crippen molar-refractivity contribution in [2.75, 3.05) is 0 Å². The number of hydrogen-bond donors (Lipinski definition) is 1. The van der Waals surface area contributed by atoms with Crippen LogP contribution in [0, 0.1) is 0 Å². The summed E-state index contributed by atoms with van der Waals surface area (Å²) in [6.07, 6.45) is 8.99. The quantitative estimate of drug-likeness (QED) is 0.132. The molecule has 43 heavy (non-hydrogen) atoms. The van der Waals surface area contributed by atoms with Gasteiger partial charge in [0, 0.05) is 58.1 Å². The molecule has 0 bridgehead atoms. The van der Waals surface area contributed by atoms with Crippen LogP contribution < -0.4 is 10.1 Å².